The molecule has 0 aliphatic carbocycles. The summed E-state index contributed by atoms with van der Waals surface area (Å²) in [6.45, 7) is 1.27. The molecule has 1 aliphatic rings. The number of furan rings is 1. The van der Waals surface area contributed by atoms with E-state index in [-0.39, 0.29) is 17.8 Å². The van der Waals surface area contributed by atoms with Crippen LogP contribution in [0.25, 0.3) is 0 Å². The second kappa shape index (κ2) is 7.04. The van der Waals surface area contributed by atoms with E-state index < -0.39 is 0 Å². The lowest BCUT2D eigenvalue weighted by molar-refractivity contribution is 0.0950. The molecule has 1 amide bonds. The van der Waals surface area contributed by atoms with Gasteiger partial charge in [-0.1, -0.05) is 18.2 Å². The van der Waals surface area contributed by atoms with Crippen molar-refractivity contribution in [3.63, 3.8) is 0 Å². The average molecular weight is 350 g/mol. The van der Waals surface area contributed by atoms with Gasteiger partial charge in [0.2, 0.25) is 0 Å². The van der Waals surface area contributed by atoms with Crippen LogP contribution in [-0.4, -0.2) is 19.0 Å². The standard InChI is InChI=1S/C21H19FN2O2/c22-17-9-7-16(8-10-17)21(25)23-14-19(20-6-3-13-26-20)24-12-11-15-4-1-2-5-18(15)24/h1-10,13,19H,11-12,14H2,(H,23,25)/t19-/m1/s1. The first-order valence-corrected chi connectivity index (χ1v) is 8.64. The molecule has 0 radical (unpaired) electrons. The van der Waals surface area contributed by atoms with Crippen LogP contribution in [0.15, 0.2) is 71.3 Å². The van der Waals surface area contributed by atoms with Crippen LogP contribution in [0, 0.1) is 5.82 Å². The van der Waals surface area contributed by atoms with Crippen molar-refractivity contribution in [3.8, 4) is 0 Å². The largest absolute Gasteiger partial charge is 0.467 e. The van der Waals surface area contributed by atoms with Gasteiger partial charge in [-0.2, -0.15) is 0 Å². The minimum absolute atomic E-state index is 0.0990. The van der Waals surface area contributed by atoms with Crippen LogP contribution in [0.4, 0.5) is 10.1 Å². The number of anilines is 1. The van der Waals surface area contributed by atoms with Gasteiger partial charge in [0.1, 0.15) is 17.6 Å². The van der Waals surface area contributed by atoms with Crippen molar-refractivity contribution < 1.29 is 13.6 Å². The Hall–Kier alpha value is -3.08. The number of nitrogens with zero attached hydrogens (tertiary/aromatic N) is 1. The molecule has 0 bridgehead atoms. The highest BCUT2D eigenvalue weighted by Gasteiger charge is 2.29. The van der Waals surface area contributed by atoms with Crippen LogP contribution in [0.2, 0.25) is 0 Å². The lowest BCUT2D eigenvalue weighted by Gasteiger charge is -2.29. The molecule has 1 atom stereocenters. The van der Waals surface area contributed by atoms with E-state index in [1.165, 1.54) is 35.5 Å². The normalized spacial score (nSPS) is 14.1. The van der Waals surface area contributed by atoms with Crippen LogP contribution in [-0.2, 0) is 6.42 Å². The van der Waals surface area contributed by atoms with Gasteiger partial charge in [0.15, 0.2) is 0 Å². The molecule has 0 saturated heterocycles. The Kier molecular flexibility index (Phi) is 4.44. The van der Waals surface area contributed by atoms with Crippen molar-refractivity contribution in [1.29, 1.82) is 0 Å². The fourth-order valence-electron chi connectivity index (χ4n) is 3.43. The first kappa shape index (κ1) is 16.4. The molecule has 0 unspecified atom stereocenters. The maximum absolute atomic E-state index is 13.0. The number of rotatable bonds is 5. The summed E-state index contributed by atoms with van der Waals surface area (Å²) in [5.74, 6) is 0.221. The van der Waals surface area contributed by atoms with E-state index in [2.05, 4.69) is 22.3 Å². The number of hydrogen-bond donors (Lipinski definition) is 1. The van der Waals surface area contributed by atoms with E-state index in [1.807, 2.05) is 24.3 Å². The second-order valence-electron chi connectivity index (χ2n) is 6.32. The third-order valence-electron chi connectivity index (χ3n) is 4.73. The maximum Gasteiger partial charge on any atom is 0.251 e. The number of para-hydroxylation sites is 1. The molecule has 1 N–H and O–H groups in total. The molecule has 1 aliphatic heterocycles. The van der Waals surface area contributed by atoms with Crippen molar-refractivity contribution in [3.05, 3.63) is 89.6 Å². The molecule has 2 heterocycles. The van der Waals surface area contributed by atoms with E-state index in [0.717, 1.165) is 18.7 Å². The van der Waals surface area contributed by atoms with E-state index in [1.54, 1.807) is 6.26 Å². The smallest absolute Gasteiger partial charge is 0.251 e. The Morgan fingerprint density at radius 1 is 1.12 bits per heavy atom. The zero-order chi connectivity index (χ0) is 17.9. The number of carbonyl (C=O) groups is 1. The molecule has 4 nitrogen and oxygen atoms in total. The van der Waals surface area contributed by atoms with Gasteiger partial charge in [-0.25, -0.2) is 4.39 Å². The first-order chi connectivity index (χ1) is 12.7. The van der Waals surface area contributed by atoms with Gasteiger partial charge in [-0.15, -0.1) is 0 Å². The monoisotopic (exact) mass is 350 g/mol. The maximum atomic E-state index is 13.0. The molecule has 0 fully saturated rings. The lowest BCUT2D eigenvalue weighted by atomic mass is 10.1. The summed E-state index contributed by atoms with van der Waals surface area (Å²) in [5, 5.41) is 2.95. The van der Waals surface area contributed by atoms with Gasteiger partial charge >= 0.3 is 0 Å². The Bertz CT molecular complexity index is 891. The molecule has 0 spiro atoms. The fraction of sp³-hybridized carbons (Fsp3) is 0.190. The van der Waals surface area contributed by atoms with Crippen molar-refractivity contribution in [2.45, 2.75) is 12.5 Å². The average Bonchev–Trinajstić information content (AvgIpc) is 3.33. The molecule has 4 rings (SSSR count). The zero-order valence-electron chi connectivity index (χ0n) is 14.2. The minimum Gasteiger partial charge on any atom is -0.467 e. The van der Waals surface area contributed by atoms with Crippen LogP contribution in [0.3, 0.4) is 0 Å². The number of fused-ring (bicyclic) bond motifs is 1. The number of carbonyl (C=O) groups excluding carboxylic acids is 1. The third kappa shape index (κ3) is 3.20. The summed E-state index contributed by atoms with van der Waals surface area (Å²) in [5.41, 5.74) is 2.91. The molecule has 26 heavy (non-hydrogen) atoms. The summed E-state index contributed by atoms with van der Waals surface area (Å²) in [4.78, 5) is 14.7. The Balaban J connectivity index is 1.54. The summed E-state index contributed by atoms with van der Waals surface area (Å²) < 4.78 is 18.7. The highest BCUT2D eigenvalue weighted by atomic mass is 19.1. The Morgan fingerprint density at radius 2 is 1.92 bits per heavy atom. The van der Waals surface area contributed by atoms with Crippen LogP contribution < -0.4 is 10.2 Å². The number of amides is 1. The lowest BCUT2D eigenvalue weighted by Crippen LogP contribution is -2.37. The highest BCUT2D eigenvalue weighted by molar-refractivity contribution is 5.94. The number of hydrogen-bond acceptors (Lipinski definition) is 3. The molecular weight excluding hydrogens is 331 g/mol. The first-order valence-electron chi connectivity index (χ1n) is 8.64. The van der Waals surface area contributed by atoms with E-state index >= 15 is 0 Å². The third-order valence-corrected chi connectivity index (χ3v) is 4.73. The molecule has 0 saturated carbocycles. The van der Waals surface area contributed by atoms with E-state index in [0.29, 0.717) is 12.1 Å². The molecule has 2 aromatic carbocycles. The second-order valence-corrected chi connectivity index (χ2v) is 6.32. The topological polar surface area (TPSA) is 45.5 Å². The Labute approximate surface area is 151 Å². The summed E-state index contributed by atoms with van der Waals surface area (Å²) in [7, 11) is 0. The molecule has 5 heteroatoms. The highest BCUT2D eigenvalue weighted by Crippen LogP contribution is 2.34. The predicted octanol–water partition coefficient (Wildman–Crippen LogP) is 3.95. The van der Waals surface area contributed by atoms with Gasteiger partial charge in [0.25, 0.3) is 5.91 Å². The van der Waals surface area contributed by atoms with Gasteiger partial charge in [-0.3, -0.25) is 4.79 Å². The van der Waals surface area contributed by atoms with E-state index in [4.69, 9.17) is 4.42 Å². The molecule has 132 valence electrons. The van der Waals surface area contributed by atoms with Crippen molar-refractivity contribution in [2.75, 3.05) is 18.0 Å². The van der Waals surface area contributed by atoms with Crippen LogP contribution >= 0.6 is 0 Å². The quantitative estimate of drug-likeness (QED) is 0.758. The summed E-state index contributed by atoms with van der Waals surface area (Å²) >= 11 is 0. The van der Waals surface area contributed by atoms with Crippen molar-refractivity contribution in [2.24, 2.45) is 0 Å². The van der Waals surface area contributed by atoms with Crippen molar-refractivity contribution >= 4 is 11.6 Å². The van der Waals surface area contributed by atoms with Gasteiger partial charge in [0, 0.05) is 24.3 Å². The molecule has 3 aromatic rings. The number of benzene rings is 2. The van der Waals surface area contributed by atoms with Crippen molar-refractivity contribution in [1.82, 2.24) is 5.32 Å². The zero-order valence-corrected chi connectivity index (χ0v) is 14.2. The van der Waals surface area contributed by atoms with E-state index in [9.17, 15) is 9.18 Å². The van der Waals surface area contributed by atoms with Crippen LogP contribution in [0.5, 0.6) is 0 Å². The predicted molar refractivity (Wildman–Crippen MR) is 97.7 cm³/mol. The minimum atomic E-state index is -0.358. The van der Waals surface area contributed by atoms with Crippen LogP contribution in [0.1, 0.15) is 27.7 Å². The number of nitrogens with one attached hydrogen (secondary N) is 1. The van der Waals surface area contributed by atoms with Gasteiger partial charge in [0.05, 0.1) is 6.26 Å². The molecular formula is C21H19FN2O2. The van der Waals surface area contributed by atoms with Gasteiger partial charge < -0.3 is 14.6 Å². The summed E-state index contributed by atoms with van der Waals surface area (Å²) in [6.07, 6.45) is 2.62. The fourth-order valence-corrected chi connectivity index (χ4v) is 3.43. The number of halogens is 1. The van der Waals surface area contributed by atoms with Gasteiger partial charge in [-0.05, 0) is 54.4 Å². The Morgan fingerprint density at radius 3 is 2.69 bits per heavy atom. The molecule has 1 aromatic heterocycles. The summed E-state index contributed by atoms with van der Waals surface area (Å²) in [6, 6.07) is 17.5. The SMILES string of the molecule is O=C(NC[C@H](c1ccco1)N1CCc2ccccc21)c1ccc(F)cc1.